The van der Waals surface area contributed by atoms with E-state index in [1.54, 1.807) is 32.2 Å². The van der Waals surface area contributed by atoms with Gasteiger partial charge in [0.15, 0.2) is 5.78 Å². The molecular weight excluding hydrogens is 180 g/mol. The van der Waals surface area contributed by atoms with Crippen LogP contribution in [0.25, 0.3) is 0 Å². The first-order chi connectivity index (χ1) is 6.65. The summed E-state index contributed by atoms with van der Waals surface area (Å²) >= 11 is 0. The first-order valence-electron chi connectivity index (χ1n) is 4.55. The summed E-state index contributed by atoms with van der Waals surface area (Å²) in [4.78, 5) is 11.6. The second kappa shape index (κ2) is 3.10. The van der Waals surface area contributed by atoms with Crippen molar-refractivity contribution in [1.82, 2.24) is 0 Å². The summed E-state index contributed by atoms with van der Waals surface area (Å²) in [5, 5.41) is 9.76. The van der Waals surface area contributed by atoms with Crippen molar-refractivity contribution in [2.45, 2.75) is 13.0 Å². The summed E-state index contributed by atoms with van der Waals surface area (Å²) in [5.74, 6) is 0.344. The Morgan fingerprint density at radius 1 is 1.43 bits per heavy atom. The molecule has 0 heterocycles. The van der Waals surface area contributed by atoms with E-state index in [4.69, 9.17) is 4.74 Å². The highest BCUT2D eigenvalue weighted by Crippen LogP contribution is 2.37. The maximum atomic E-state index is 11.6. The van der Waals surface area contributed by atoms with Gasteiger partial charge in [0.1, 0.15) is 5.75 Å². The predicted molar refractivity (Wildman–Crippen MR) is 51.4 cm³/mol. The van der Waals surface area contributed by atoms with Crippen molar-refractivity contribution < 1.29 is 14.6 Å². The maximum Gasteiger partial charge on any atom is 0.168 e. The van der Waals surface area contributed by atoms with Crippen molar-refractivity contribution in [3.05, 3.63) is 29.3 Å². The van der Waals surface area contributed by atoms with Crippen LogP contribution in [-0.4, -0.2) is 18.0 Å². The van der Waals surface area contributed by atoms with E-state index in [2.05, 4.69) is 0 Å². The van der Waals surface area contributed by atoms with Crippen LogP contribution in [0.4, 0.5) is 0 Å². The van der Waals surface area contributed by atoms with Crippen molar-refractivity contribution in [1.29, 1.82) is 0 Å². The van der Waals surface area contributed by atoms with E-state index in [0.29, 0.717) is 16.9 Å². The SMILES string of the molecule is COc1ccc2c(c1)C(O)C(C)C2=O. The number of hydrogen-bond donors (Lipinski definition) is 1. The highest BCUT2D eigenvalue weighted by molar-refractivity contribution is 6.02. The molecule has 2 rings (SSSR count). The van der Waals surface area contributed by atoms with Gasteiger partial charge in [0.05, 0.1) is 13.2 Å². The lowest BCUT2D eigenvalue weighted by Crippen LogP contribution is -2.08. The lowest BCUT2D eigenvalue weighted by atomic mass is 10.1. The molecule has 1 N–H and O–H groups in total. The summed E-state index contributed by atoms with van der Waals surface area (Å²) in [6.07, 6.45) is -0.687. The van der Waals surface area contributed by atoms with Gasteiger partial charge < -0.3 is 9.84 Å². The second-order valence-corrected chi connectivity index (χ2v) is 3.55. The molecule has 0 saturated carbocycles. The van der Waals surface area contributed by atoms with Crippen molar-refractivity contribution in [2.75, 3.05) is 7.11 Å². The van der Waals surface area contributed by atoms with Gasteiger partial charge in [-0.15, -0.1) is 0 Å². The third-order valence-electron chi connectivity index (χ3n) is 2.73. The molecule has 0 aliphatic heterocycles. The Kier molecular flexibility index (Phi) is 2.04. The zero-order chi connectivity index (χ0) is 10.3. The highest BCUT2D eigenvalue weighted by Gasteiger charge is 2.35. The van der Waals surface area contributed by atoms with E-state index in [1.165, 1.54) is 0 Å². The van der Waals surface area contributed by atoms with Crippen LogP contribution >= 0.6 is 0 Å². The maximum absolute atomic E-state index is 11.6. The Bertz CT molecular complexity index is 384. The van der Waals surface area contributed by atoms with Crippen LogP contribution in [0.5, 0.6) is 5.75 Å². The van der Waals surface area contributed by atoms with E-state index in [0.717, 1.165) is 0 Å². The number of rotatable bonds is 1. The van der Waals surface area contributed by atoms with Gasteiger partial charge in [-0.1, -0.05) is 6.92 Å². The molecule has 2 atom stereocenters. The molecule has 74 valence electrons. The minimum atomic E-state index is -0.687. The van der Waals surface area contributed by atoms with E-state index < -0.39 is 6.10 Å². The summed E-state index contributed by atoms with van der Waals surface area (Å²) in [5.41, 5.74) is 1.30. The highest BCUT2D eigenvalue weighted by atomic mass is 16.5. The molecule has 0 spiro atoms. The molecule has 0 bridgehead atoms. The molecule has 0 amide bonds. The molecular formula is C11H12O3. The number of aliphatic hydroxyl groups is 1. The monoisotopic (exact) mass is 192 g/mol. The lowest BCUT2D eigenvalue weighted by Gasteiger charge is -2.07. The third-order valence-corrected chi connectivity index (χ3v) is 2.73. The molecule has 0 fully saturated rings. The largest absolute Gasteiger partial charge is 0.497 e. The minimum absolute atomic E-state index is 0.00940. The molecule has 1 aromatic rings. The molecule has 1 aliphatic carbocycles. The average Bonchev–Trinajstić information content (AvgIpc) is 2.44. The summed E-state index contributed by atoms with van der Waals surface area (Å²) in [7, 11) is 1.56. The van der Waals surface area contributed by atoms with E-state index in [1.807, 2.05) is 0 Å². The van der Waals surface area contributed by atoms with Gasteiger partial charge in [-0.05, 0) is 23.8 Å². The molecule has 0 radical (unpaired) electrons. The minimum Gasteiger partial charge on any atom is -0.497 e. The van der Waals surface area contributed by atoms with Crippen molar-refractivity contribution in [2.24, 2.45) is 5.92 Å². The van der Waals surface area contributed by atoms with E-state index in [9.17, 15) is 9.90 Å². The van der Waals surface area contributed by atoms with E-state index >= 15 is 0 Å². The zero-order valence-corrected chi connectivity index (χ0v) is 8.15. The van der Waals surface area contributed by atoms with Gasteiger partial charge in [-0.2, -0.15) is 0 Å². The normalized spacial score (nSPS) is 24.9. The van der Waals surface area contributed by atoms with Crippen LogP contribution in [0.1, 0.15) is 28.9 Å². The summed E-state index contributed by atoms with van der Waals surface area (Å²) in [6.45, 7) is 1.74. The zero-order valence-electron chi connectivity index (χ0n) is 8.15. The summed E-state index contributed by atoms with van der Waals surface area (Å²) in [6, 6.07) is 5.17. The Morgan fingerprint density at radius 3 is 2.79 bits per heavy atom. The second-order valence-electron chi connectivity index (χ2n) is 3.55. The van der Waals surface area contributed by atoms with Crippen LogP contribution in [0.15, 0.2) is 18.2 Å². The fourth-order valence-corrected chi connectivity index (χ4v) is 1.79. The number of fused-ring (bicyclic) bond motifs is 1. The Labute approximate surface area is 82.3 Å². The summed E-state index contributed by atoms with van der Waals surface area (Å²) < 4.78 is 5.04. The first kappa shape index (κ1) is 9.21. The number of carbonyl (C=O) groups excluding carboxylic acids is 1. The molecule has 0 aromatic heterocycles. The molecule has 1 aromatic carbocycles. The molecule has 0 saturated heterocycles. The van der Waals surface area contributed by atoms with Gasteiger partial charge in [0, 0.05) is 11.5 Å². The van der Waals surface area contributed by atoms with Crippen LogP contribution in [0.2, 0.25) is 0 Å². The van der Waals surface area contributed by atoms with Crippen molar-refractivity contribution in [3.63, 3.8) is 0 Å². The number of hydrogen-bond acceptors (Lipinski definition) is 3. The standard InChI is InChI=1S/C11H12O3/c1-6-10(12)8-4-3-7(14-2)5-9(8)11(6)13/h3-6,11,13H,1-2H3. The fourth-order valence-electron chi connectivity index (χ4n) is 1.79. The topological polar surface area (TPSA) is 46.5 Å². The Morgan fingerprint density at radius 2 is 2.14 bits per heavy atom. The lowest BCUT2D eigenvalue weighted by molar-refractivity contribution is 0.0790. The number of carbonyl (C=O) groups is 1. The molecule has 1 aliphatic rings. The van der Waals surface area contributed by atoms with Crippen LogP contribution < -0.4 is 4.74 Å². The number of methoxy groups -OCH3 is 1. The number of ketones is 1. The fraction of sp³-hybridized carbons (Fsp3) is 0.364. The molecule has 3 heteroatoms. The van der Waals surface area contributed by atoms with Gasteiger partial charge in [0.2, 0.25) is 0 Å². The number of benzene rings is 1. The first-order valence-corrected chi connectivity index (χ1v) is 4.55. The average molecular weight is 192 g/mol. The van der Waals surface area contributed by atoms with Gasteiger partial charge in [-0.3, -0.25) is 4.79 Å². The van der Waals surface area contributed by atoms with E-state index in [-0.39, 0.29) is 11.7 Å². The van der Waals surface area contributed by atoms with Crippen molar-refractivity contribution >= 4 is 5.78 Å². The molecule has 14 heavy (non-hydrogen) atoms. The Hall–Kier alpha value is -1.35. The van der Waals surface area contributed by atoms with Crippen LogP contribution in [0, 0.1) is 5.92 Å². The Balaban J connectivity index is 2.53. The van der Waals surface area contributed by atoms with Gasteiger partial charge in [-0.25, -0.2) is 0 Å². The predicted octanol–water partition coefficient (Wildman–Crippen LogP) is 1.56. The van der Waals surface area contributed by atoms with Gasteiger partial charge in [0.25, 0.3) is 0 Å². The number of aliphatic hydroxyl groups excluding tert-OH is 1. The van der Waals surface area contributed by atoms with Gasteiger partial charge >= 0.3 is 0 Å². The third kappa shape index (κ3) is 1.13. The molecule has 3 nitrogen and oxygen atoms in total. The molecule has 2 unspecified atom stereocenters. The van der Waals surface area contributed by atoms with Crippen LogP contribution in [-0.2, 0) is 0 Å². The number of ether oxygens (including phenoxy) is 1. The van der Waals surface area contributed by atoms with Crippen molar-refractivity contribution in [3.8, 4) is 5.75 Å². The number of Topliss-reactive ketones (excluding diaryl/α,β-unsaturated/α-hetero) is 1. The van der Waals surface area contributed by atoms with Crippen LogP contribution in [0.3, 0.4) is 0 Å². The quantitative estimate of drug-likeness (QED) is 0.734. The smallest absolute Gasteiger partial charge is 0.168 e.